The van der Waals surface area contributed by atoms with Gasteiger partial charge in [0.15, 0.2) is 5.16 Å². The van der Waals surface area contributed by atoms with Gasteiger partial charge in [-0.25, -0.2) is 9.97 Å². The van der Waals surface area contributed by atoms with Crippen LogP contribution in [0.3, 0.4) is 0 Å². The number of anilines is 2. The number of benzene rings is 1. The number of rotatable bonds is 2. The summed E-state index contributed by atoms with van der Waals surface area (Å²) in [6, 6.07) is 5.14. The molecule has 2 heterocycles. The fraction of sp³-hybridized carbons (Fsp3) is 0.214. The molecule has 1 N–H and O–H groups in total. The Morgan fingerprint density at radius 1 is 1.32 bits per heavy atom. The molecule has 1 atom stereocenters. The third-order valence-electron chi connectivity index (χ3n) is 3.31. The first kappa shape index (κ1) is 15.4. The van der Waals surface area contributed by atoms with Gasteiger partial charge in [-0.2, -0.15) is 0 Å². The normalized spacial score (nSPS) is 17.2. The molecule has 3 rings (SSSR count). The summed E-state index contributed by atoms with van der Waals surface area (Å²) in [6.07, 6.45) is 3.07. The monoisotopic (exact) mass is 354 g/mol. The molecule has 1 aromatic carbocycles. The lowest BCUT2D eigenvalue weighted by molar-refractivity contribution is 0.0976. The molecule has 5 nitrogen and oxygen atoms in total. The molecule has 8 heteroatoms. The molecular formula is C14H12Cl2N4OS. The van der Waals surface area contributed by atoms with Gasteiger partial charge in [-0.05, 0) is 25.3 Å². The maximum absolute atomic E-state index is 12.8. The van der Waals surface area contributed by atoms with Gasteiger partial charge in [-0.1, -0.05) is 41.0 Å². The van der Waals surface area contributed by atoms with Crippen molar-refractivity contribution in [3.8, 4) is 0 Å². The summed E-state index contributed by atoms with van der Waals surface area (Å²) in [4.78, 5) is 22.8. The van der Waals surface area contributed by atoms with Crippen molar-refractivity contribution in [2.45, 2.75) is 18.2 Å². The molecule has 1 amide bonds. The minimum Gasteiger partial charge on any atom is -0.349 e. The number of halogens is 2. The van der Waals surface area contributed by atoms with Crippen molar-refractivity contribution in [1.82, 2.24) is 9.97 Å². The molecule has 114 valence electrons. The second-order valence-electron chi connectivity index (χ2n) is 4.68. The number of thioether (sulfide) groups is 1. The van der Waals surface area contributed by atoms with Crippen LogP contribution in [0, 0.1) is 0 Å². The highest BCUT2D eigenvalue weighted by Gasteiger charge is 2.34. The maximum Gasteiger partial charge on any atom is 0.265 e. The van der Waals surface area contributed by atoms with Gasteiger partial charge in [0.05, 0.1) is 15.7 Å². The SMILES string of the molecule is CSc1ncc2c(n1)NC(C)N(c1c(Cl)cccc1Cl)C2=O. The van der Waals surface area contributed by atoms with Crippen molar-refractivity contribution < 1.29 is 4.79 Å². The van der Waals surface area contributed by atoms with Gasteiger partial charge in [0, 0.05) is 6.20 Å². The number of aromatic nitrogens is 2. The highest BCUT2D eigenvalue weighted by Crippen LogP contribution is 2.38. The van der Waals surface area contributed by atoms with E-state index in [1.165, 1.54) is 22.9 Å². The number of amides is 1. The van der Waals surface area contributed by atoms with E-state index in [9.17, 15) is 4.79 Å². The van der Waals surface area contributed by atoms with E-state index in [1.807, 2.05) is 13.2 Å². The average molecular weight is 355 g/mol. The number of fused-ring (bicyclic) bond motifs is 1. The number of nitrogens with one attached hydrogen (secondary N) is 1. The van der Waals surface area contributed by atoms with Crippen molar-refractivity contribution in [2.24, 2.45) is 0 Å². The van der Waals surface area contributed by atoms with Crippen LogP contribution in [0.4, 0.5) is 11.5 Å². The lowest BCUT2D eigenvalue weighted by Crippen LogP contribution is -2.48. The first-order chi connectivity index (χ1) is 10.5. The minimum absolute atomic E-state index is 0.232. The Kier molecular flexibility index (Phi) is 4.16. The molecule has 0 bridgehead atoms. The zero-order valence-corrected chi connectivity index (χ0v) is 14.1. The van der Waals surface area contributed by atoms with Gasteiger partial charge in [0.1, 0.15) is 17.5 Å². The Morgan fingerprint density at radius 2 is 2.00 bits per heavy atom. The maximum atomic E-state index is 12.8. The van der Waals surface area contributed by atoms with E-state index in [2.05, 4.69) is 15.3 Å². The molecule has 0 saturated heterocycles. The lowest BCUT2D eigenvalue weighted by atomic mass is 10.1. The van der Waals surface area contributed by atoms with Crippen LogP contribution in [0.2, 0.25) is 10.0 Å². The summed E-state index contributed by atoms with van der Waals surface area (Å²) >= 11 is 13.9. The second kappa shape index (κ2) is 5.95. The molecule has 0 saturated carbocycles. The van der Waals surface area contributed by atoms with Crippen LogP contribution in [0.25, 0.3) is 0 Å². The van der Waals surface area contributed by atoms with E-state index in [0.717, 1.165) is 0 Å². The van der Waals surface area contributed by atoms with Crippen molar-refractivity contribution in [2.75, 3.05) is 16.5 Å². The predicted octanol–water partition coefficient (Wildman–Crippen LogP) is 3.92. The molecule has 0 radical (unpaired) electrons. The smallest absolute Gasteiger partial charge is 0.265 e. The van der Waals surface area contributed by atoms with E-state index >= 15 is 0 Å². The molecule has 0 aliphatic carbocycles. The number of para-hydroxylation sites is 1. The summed E-state index contributed by atoms with van der Waals surface area (Å²) in [5.74, 6) is 0.292. The second-order valence-corrected chi connectivity index (χ2v) is 6.27. The van der Waals surface area contributed by atoms with Crippen LogP contribution in [-0.2, 0) is 0 Å². The zero-order valence-electron chi connectivity index (χ0n) is 11.8. The quantitative estimate of drug-likeness (QED) is 0.654. The summed E-state index contributed by atoms with van der Waals surface area (Å²) in [5.41, 5.74) is 0.877. The van der Waals surface area contributed by atoms with Gasteiger partial charge in [-0.3, -0.25) is 9.69 Å². The zero-order chi connectivity index (χ0) is 15.9. The van der Waals surface area contributed by atoms with Gasteiger partial charge in [-0.15, -0.1) is 0 Å². The molecule has 22 heavy (non-hydrogen) atoms. The third kappa shape index (κ3) is 2.51. The van der Waals surface area contributed by atoms with Crippen molar-refractivity contribution >= 4 is 52.4 Å². The number of hydrogen-bond acceptors (Lipinski definition) is 5. The molecule has 0 fully saturated rings. The number of hydrogen-bond donors (Lipinski definition) is 1. The minimum atomic E-state index is -0.331. The molecule has 1 aliphatic heterocycles. The standard InChI is InChI=1S/C14H12Cl2N4OS/c1-7-18-12-8(6-17-14(19-12)22-2)13(21)20(7)11-9(15)4-3-5-10(11)16/h3-7H,1-2H3,(H,17,18,19). The van der Waals surface area contributed by atoms with E-state index in [4.69, 9.17) is 23.2 Å². The van der Waals surface area contributed by atoms with Gasteiger partial charge in [0.25, 0.3) is 5.91 Å². The average Bonchev–Trinajstić information content (AvgIpc) is 2.49. The van der Waals surface area contributed by atoms with Crippen LogP contribution in [-0.4, -0.2) is 28.3 Å². The number of carbonyl (C=O) groups is 1. The Hall–Kier alpha value is -1.50. The van der Waals surface area contributed by atoms with E-state index in [-0.39, 0.29) is 12.1 Å². The Morgan fingerprint density at radius 3 is 2.64 bits per heavy atom. The van der Waals surface area contributed by atoms with E-state index in [0.29, 0.717) is 32.3 Å². The largest absolute Gasteiger partial charge is 0.349 e. The first-order valence-electron chi connectivity index (χ1n) is 6.48. The summed E-state index contributed by atoms with van der Waals surface area (Å²) in [5, 5.41) is 4.63. The van der Waals surface area contributed by atoms with Crippen LogP contribution in [0.5, 0.6) is 0 Å². The fourth-order valence-corrected chi connectivity index (χ4v) is 3.23. The van der Waals surface area contributed by atoms with Crippen LogP contribution in [0.15, 0.2) is 29.6 Å². The summed E-state index contributed by atoms with van der Waals surface area (Å²) in [7, 11) is 0. The lowest BCUT2D eigenvalue weighted by Gasteiger charge is -2.35. The number of carbonyl (C=O) groups excluding carboxylic acids is 1. The van der Waals surface area contributed by atoms with Crippen molar-refractivity contribution in [1.29, 1.82) is 0 Å². The molecule has 1 aromatic heterocycles. The molecule has 2 aromatic rings. The third-order valence-corrected chi connectivity index (χ3v) is 4.48. The van der Waals surface area contributed by atoms with E-state index < -0.39 is 0 Å². The predicted molar refractivity (Wildman–Crippen MR) is 90.2 cm³/mol. The Bertz CT molecular complexity index is 735. The van der Waals surface area contributed by atoms with Crippen molar-refractivity contribution in [3.63, 3.8) is 0 Å². The molecule has 1 unspecified atom stereocenters. The van der Waals surface area contributed by atoms with Crippen LogP contribution < -0.4 is 10.2 Å². The fourth-order valence-electron chi connectivity index (χ4n) is 2.31. The highest BCUT2D eigenvalue weighted by atomic mass is 35.5. The summed E-state index contributed by atoms with van der Waals surface area (Å²) in [6.45, 7) is 1.85. The van der Waals surface area contributed by atoms with Crippen molar-refractivity contribution in [3.05, 3.63) is 40.0 Å². The molecule has 0 spiro atoms. The van der Waals surface area contributed by atoms with Crippen LogP contribution >= 0.6 is 35.0 Å². The number of nitrogens with zero attached hydrogens (tertiary/aromatic N) is 3. The Labute approximate surface area is 142 Å². The molecule has 1 aliphatic rings. The molecular weight excluding hydrogens is 343 g/mol. The highest BCUT2D eigenvalue weighted by molar-refractivity contribution is 7.98. The van der Waals surface area contributed by atoms with Gasteiger partial charge in [0.2, 0.25) is 0 Å². The topological polar surface area (TPSA) is 58.1 Å². The first-order valence-corrected chi connectivity index (χ1v) is 8.46. The Balaban J connectivity index is 2.10. The van der Waals surface area contributed by atoms with Gasteiger partial charge < -0.3 is 5.32 Å². The summed E-state index contributed by atoms with van der Waals surface area (Å²) < 4.78 is 0. The van der Waals surface area contributed by atoms with Gasteiger partial charge >= 0.3 is 0 Å². The van der Waals surface area contributed by atoms with Crippen LogP contribution in [0.1, 0.15) is 17.3 Å². The van der Waals surface area contributed by atoms with E-state index in [1.54, 1.807) is 18.2 Å².